The molecule has 106 valence electrons. The zero-order valence-electron chi connectivity index (χ0n) is 11.2. The second-order valence-electron chi connectivity index (χ2n) is 4.44. The van der Waals surface area contributed by atoms with Crippen LogP contribution in [0.2, 0.25) is 0 Å². The number of nitrogens with one attached hydrogen (secondary N) is 1. The lowest BCUT2D eigenvalue weighted by atomic mass is 10.1. The topological polar surface area (TPSA) is 110 Å². The molecule has 0 aliphatic heterocycles. The van der Waals surface area contributed by atoms with E-state index in [1.165, 1.54) is 4.68 Å². The predicted octanol–water partition coefficient (Wildman–Crippen LogP) is 1.64. The molecule has 1 atom stereocenters. The van der Waals surface area contributed by atoms with Crippen LogP contribution < -0.4 is 5.32 Å². The summed E-state index contributed by atoms with van der Waals surface area (Å²) in [4.78, 5) is 21.1. The third-order valence-corrected chi connectivity index (χ3v) is 2.72. The van der Waals surface area contributed by atoms with Gasteiger partial charge in [-0.3, -0.25) is 14.9 Å². The number of nitrogens with zero attached hydrogens (tertiary/aromatic N) is 3. The molecular formula is C11H18N4O4. The summed E-state index contributed by atoms with van der Waals surface area (Å²) in [5, 5.41) is 26.7. The molecule has 0 spiro atoms. The van der Waals surface area contributed by atoms with E-state index >= 15 is 0 Å². The highest BCUT2D eigenvalue weighted by Gasteiger charge is 2.25. The van der Waals surface area contributed by atoms with Crippen molar-refractivity contribution in [2.75, 3.05) is 11.9 Å². The van der Waals surface area contributed by atoms with Gasteiger partial charge in [-0.2, -0.15) is 5.10 Å². The molecule has 2 N–H and O–H groups in total. The smallest absolute Gasteiger partial charge is 0.333 e. The van der Waals surface area contributed by atoms with Gasteiger partial charge in [0.2, 0.25) is 5.82 Å². The second kappa shape index (κ2) is 6.17. The van der Waals surface area contributed by atoms with E-state index in [-0.39, 0.29) is 18.0 Å². The molecule has 0 fully saturated rings. The molecule has 0 aliphatic rings. The van der Waals surface area contributed by atoms with E-state index in [9.17, 15) is 14.9 Å². The Morgan fingerprint density at radius 3 is 2.74 bits per heavy atom. The summed E-state index contributed by atoms with van der Waals surface area (Å²) in [5.41, 5.74) is 0.296. The molecule has 1 unspecified atom stereocenters. The van der Waals surface area contributed by atoms with E-state index in [0.29, 0.717) is 24.6 Å². The minimum atomic E-state index is -0.885. The van der Waals surface area contributed by atoms with Crippen LogP contribution in [0.25, 0.3) is 0 Å². The summed E-state index contributed by atoms with van der Waals surface area (Å²) < 4.78 is 1.51. The number of nitro groups is 1. The number of rotatable bonds is 7. The maximum absolute atomic E-state index is 11.0. The predicted molar refractivity (Wildman–Crippen MR) is 69.2 cm³/mol. The Kier molecular flexibility index (Phi) is 4.85. The quantitative estimate of drug-likeness (QED) is 0.575. The first-order valence-corrected chi connectivity index (χ1v) is 6.04. The molecule has 0 saturated carbocycles. The van der Waals surface area contributed by atoms with Gasteiger partial charge in [0.1, 0.15) is 5.69 Å². The van der Waals surface area contributed by atoms with Crippen LogP contribution in [0.15, 0.2) is 0 Å². The highest BCUT2D eigenvalue weighted by atomic mass is 16.6. The molecule has 1 aromatic heterocycles. The van der Waals surface area contributed by atoms with Gasteiger partial charge >= 0.3 is 11.7 Å². The Bertz CT molecular complexity index is 483. The highest BCUT2D eigenvalue weighted by molar-refractivity contribution is 5.67. The van der Waals surface area contributed by atoms with Crippen molar-refractivity contribution in [2.24, 2.45) is 5.92 Å². The first-order valence-electron chi connectivity index (χ1n) is 6.04. The average molecular weight is 270 g/mol. The van der Waals surface area contributed by atoms with Crippen LogP contribution in [-0.2, 0) is 11.3 Å². The summed E-state index contributed by atoms with van der Waals surface area (Å²) in [6.07, 6.45) is 0.0139. The number of hydrogen-bond donors (Lipinski definition) is 2. The van der Waals surface area contributed by atoms with Crippen LogP contribution in [0.3, 0.4) is 0 Å². The molecule has 8 heteroatoms. The average Bonchev–Trinajstić information content (AvgIpc) is 2.61. The maximum Gasteiger partial charge on any atom is 0.333 e. The molecule has 0 saturated heterocycles. The lowest BCUT2D eigenvalue weighted by molar-refractivity contribution is -0.384. The van der Waals surface area contributed by atoms with Gasteiger partial charge < -0.3 is 10.4 Å². The van der Waals surface area contributed by atoms with Crippen LogP contribution in [0.5, 0.6) is 0 Å². The van der Waals surface area contributed by atoms with Crippen LogP contribution in [0.4, 0.5) is 11.5 Å². The standard InChI is InChI=1S/C11H18N4O4/c1-4-14-11(10(15(18)19)8(3)13-14)12-6-7(2)5-9(16)17/h7,12H,4-6H2,1-3H3,(H,16,17). The fourth-order valence-corrected chi connectivity index (χ4v) is 1.84. The molecule has 0 aromatic carbocycles. The monoisotopic (exact) mass is 270 g/mol. The van der Waals surface area contributed by atoms with Gasteiger partial charge in [-0.1, -0.05) is 6.92 Å². The molecule has 0 amide bonds. The van der Waals surface area contributed by atoms with E-state index in [0.717, 1.165) is 0 Å². The number of aryl methyl sites for hydroxylation is 2. The summed E-state index contributed by atoms with van der Waals surface area (Å²) >= 11 is 0. The SMILES string of the molecule is CCn1nc(C)c([N+](=O)[O-])c1NCC(C)CC(=O)O. The zero-order valence-corrected chi connectivity index (χ0v) is 11.2. The Morgan fingerprint density at radius 2 is 2.26 bits per heavy atom. The minimum Gasteiger partial charge on any atom is -0.481 e. The number of aliphatic carboxylic acids is 1. The third-order valence-electron chi connectivity index (χ3n) is 2.72. The molecule has 1 heterocycles. The van der Waals surface area contributed by atoms with Gasteiger partial charge in [0.15, 0.2) is 0 Å². The lowest BCUT2D eigenvalue weighted by Crippen LogP contribution is -2.17. The van der Waals surface area contributed by atoms with Gasteiger partial charge in [-0.05, 0) is 19.8 Å². The van der Waals surface area contributed by atoms with Crippen molar-refractivity contribution in [1.29, 1.82) is 0 Å². The Labute approximate surface area is 110 Å². The molecule has 0 radical (unpaired) electrons. The fourth-order valence-electron chi connectivity index (χ4n) is 1.84. The van der Waals surface area contributed by atoms with Crippen LogP contribution in [0, 0.1) is 23.0 Å². The number of hydrogen-bond acceptors (Lipinski definition) is 5. The fraction of sp³-hybridized carbons (Fsp3) is 0.636. The molecule has 8 nitrogen and oxygen atoms in total. The van der Waals surface area contributed by atoms with Crippen LogP contribution in [-0.4, -0.2) is 32.3 Å². The zero-order chi connectivity index (χ0) is 14.6. The van der Waals surface area contributed by atoms with Crippen molar-refractivity contribution >= 4 is 17.5 Å². The summed E-state index contributed by atoms with van der Waals surface area (Å²) in [7, 11) is 0. The van der Waals surface area contributed by atoms with Crippen molar-refractivity contribution in [1.82, 2.24) is 9.78 Å². The van der Waals surface area contributed by atoms with Crippen molar-refractivity contribution in [3.8, 4) is 0 Å². The first-order chi connectivity index (χ1) is 8.86. The summed E-state index contributed by atoms with van der Waals surface area (Å²) in [6, 6.07) is 0. The normalized spacial score (nSPS) is 12.2. The lowest BCUT2D eigenvalue weighted by Gasteiger charge is -2.11. The van der Waals surface area contributed by atoms with Crippen molar-refractivity contribution in [3.63, 3.8) is 0 Å². The molecule has 0 bridgehead atoms. The molecule has 0 aliphatic carbocycles. The number of carboxylic acids is 1. The molecule has 1 aromatic rings. The van der Waals surface area contributed by atoms with Crippen LogP contribution >= 0.6 is 0 Å². The molecular weight excluding hydrogens is 252 g/mol. The van der Waals surface area contributed by atoms with Gasteiger partial charge in [-0.15, -0.1) is 0 Å². The third kappa shape index (κ3) is 3.67. The maximum atomic E-state index is 11.0. The number of aromatic nitrogens is 2. The number of carboxylic acid groups (broad SMARTS) is 1. The largest absolute Gasteiger partial charge is 0.481 e. The Morgan fingerprint density at radius 1 is 1.63 bits per heavy atom. The molecule has 1 rings (SSSR count). The van der Waals surface area contributed by atoms with Gasteiger partial charge in [0, 0.05) is 19.5 Å². The van der Waals surface area contributed by atoms with E-state index in [1.807, 2.05) is 6.92 Å². The Hall–Kier alpha value is -2.12. The second-order valence-corrected chi connectivity index (χ2v) is 4.44. The highest BCUT2D eigenvalue weighted by Crippen LogP contribution is 2.28. The van der Waals surface area contributed by atoms with E-state index in [4.69, 9.17) is 5.11 Å². The molecule has 19 heavy (non-hydrogen) atoms. The Balaban J connectivity index is 2.87. The van der Waals surface area contributed by atoms with Gasteiger partial charge in [0.05, 0.1) is 4.92 Å². The number of carbonyl (C=O) groups is 1. The van der Waals surface area contributed by atoms with Gasteiger partial charge in [-0.25, -0.2) is 4.68 Å². The minimum absolute atomic E-state index is 0.0139. The van der Waals surface area contributed by atoms with E-state index in [2.05, 4.69) is 10.4 Å². The van der Waals surface area contributed by atoms with Crippen molar-refractivity contribution < 1.29 is 14.8 Å². The van der Waals surface area contributed by atoms with E-state index < -0.39 is 10.9 Å². The first kappa shape index (κ1) is 14.9. The van der Waals surface area contributed by atoms with Crippen LogP contribution in [0.1, 0.15) is 26.0 Å². The van der Waals surface area contributed by atoms with Crippen molar-refractivity contribution in [2.45, 2.75) is 33.7 Å². The summed E-state index contributed by atoms with van der Waals surface area (Å²) in [6.45, 7) is 6.03. The van der Waals surface area contributed by atoms with E-state index in [1.54, 1.807) is 13.8 Å². The van der Waals surface area contributed by atoms with Gasteiger partial charge in [0.25, 0.3) is 0 Å². The summed E-state index contributed by atoms with van der Waals surface area (Å²) in [5.74, 6) is -0.677. The van der Waals surface area contributed by atoms with Crippen molar-refractivity contribution in [3.05, 3.63) is 15.8 Å². The number of anilines is 1.